The van der Waals surface area contributed by atoms with Gasteiger partial charge in [-0.3, -0.25) is 4.79 Å². The topological polar surface area (TPSA) is 114 Å². The van der Waals surface area contributed by atoms with Crippen LogP contribution < -0.4 is 10.6 Å². The van der Waals surface area contributed by atoms with Crippen LogP contribution in [-0.2, 0) is 19.1 Å². The molecule has 1 aliphatic heterocycles. The van der Waals surface area contributed by atoms with Gasteiger partial charge in [-0.05, 0) is 35.1 Å². The number of carboxylic acid groups (broad SMARTS) is 1. The number of aliphatic carboxylic acids is 1. The first-order valence-corrected chi connectivity index (χ1v) is 11.0. The van der Waals surface area contributed by atoms with Gasteiger partial charge in [0.2, 0.25) is 11.9 Å². The lowest BCUT2D eigenvalue weighted by Crippen LogP contribution is -2.53. The Labute approximate surface area is 198 Å². The summed E-state index contributed by atoms with van der Waals surface area (Å²) in [5.74, 6) is -3.49. The summed E-state index contributed by atoms with van der Waals surface area (Å²) in [5.41, 5.74) is 4.31. The number of halogens is 3. The predicted octanol–water partition coefficient (Wildman–Crippen LogP) is 3.20. The van der Waals surface area contributed by atoms with Crippen molar-refractivity contribution in [2.24, 2.45) is 0 Å². The first-order chi connectivity index (χ1) is 16.6. The van der Waals surface area contributed by atoms with Gasteiger partial charge in [0, 0.05) is 12.5 Å². The fourth-order valence-electron chi connectivity index (χ4n) is 4.41. The molecule has 3 N–H and O–H groups in total. The average molecular weight is 492 g/mol. The largest absolute Gasteiger partial charge is 0.479 e. The molecule has 0 saturated carbocycles. The Morgan fingerprint density at radius 1 is 1.03 bits per heavy atom. The molecule has 2 aliphatic rings. The number of carbonyl (C=O) groups excluding carboxylic acids is 2. The lowest BCUT2D eigenvalue weighted by Gasteiger charge is -2.20. The lowest BCUT2D eigenvalue weighted by atomic mass is 9.98. The number of hydrogen-bond acceptors (Lipinski definition) is 5. The van der Waals surface area contributed by atoms with Crippen LogP contribution >= 0.6 is 0 Å². The Hall–Kier alpha value is -3.60. The highest BCUT2D eigenvalue weighted by molar-refractivity contribution is 5.87. The summed E-state index contributed by atoms with van der Waals surface area (Å²) in [7, 11) is 0. The second-order valence-electron chi connectivity index (χ2n) is 8.35. The molecule has 1 aliphatic carbocycles. The molecule has 8 nitrogen and oxygen atoms in total. The van der Waals surface area contributed by atoms with E-state index in [9.17, 15) is 27.6 Å². The molecule has 186 valence electrons. The van der Waals surface area contributed by atoms with E-state index in [-0.39, 0.29) is 25.5 Å². The summed E-state index contributed by atoms with van der Waals surface area (Å²) in [6, 6.07) is 12.8. The van der Waals surface area contributed by atoms with Crippen LogP contribution in [0.5, 0.6) is 0 Å². The molecule has 11 heteroatoms. The Morgan fingerprint density at radius 3 is 2.20 bits per heavy atom. The quantitative estimate of drug-likeness (QED) is 0.547. The summed E-state index contributed by atoms with van der Waals surface area (Å²) in [6.45, 7) is 0.104. The molecule has 35 heavy (non-hydrogen) atoms. The van der Waals surface area contributed by atoms with Crippen molar-refractivity contribution in [3.63, 3.8) is 0 Å². The highest BCUT2D eigenvalue weighted by Gasteiger charge is 2.47. The predicted molar refractivity (Wildman–Crippen MR) is 117 cm³/mol. The van der Waals surface area contributed by atoms with Crippen LogP contribution in [0.1, 0.15) is 29.9 Å². The van der Waals surface area contributed by atoms with Gasteiger partial charge in [0.05, 0.1) is 6.10 Å². The molecule has 3 atom stereocenters. The first-order valence-electron chi connectivity index (χ1n) is 11.0. The molecular weight excluding hydrogens is 469 g/mol. The van der Waals surface area contributed by atoms with Crippen LogP contribution in [0.15, 0.2) is 48.5 Å². The van der Waals surface area contributed by atoms with E-state index in [1.54, 1.807) is 0 Å². The fraction of sp³-hybridized carbons (Fsp3) is 0.375. The number of nitrogens with one attached hydrogen (secondary N) is 2. The van der Waals surface area contributed by atoms with Crippen molar-refractivity contribution in [2.75, 3.05) is 13.2 Å². The minimum Gasteiger partial charge on any atom is -0.479 e. The molecule has 2 amide bonds. The van der Waals surface area contributed by atoms with E-state index >= 15 is 0 Å². The van der Waals surface area contributed by atoms with Gasteiger partial charge in [0.1, 0.15) is 12.7 Å². The molecule has 0 spiro atoms. The van der Waals surface area contributed by atoms with Gasteiger partial charge in [-0.15, -0.1) is 0 Å². The molecular formula is C24H23F3N2O6. The third-order valence-corrected chi connectivity index (χ3v) is 6.08. The van der Waals surface area contributed by atoms with Crippen LogP contribution in [0.2, 0.25) is 0 Å². The van der Waals surface area contributed by atoms with Gasteiger partial charge in [0.15, 0.2) is 0 Å². The van der Waals surface area contributed by atoms with E-state index < -0.39 is 42.4 Å². The molecule has 0 radical (unpaired) electrons. The Balaban J connectivity index is 1.25. The Bertz CT molecular complexity index is 1080. The molecule has 1 saturated heterocycles. The molecule has 1 fully saturated rings. The number of carboxylic acids is 1. The van der Waals surface area contributed by atoms with E-state index in [2.05, 4.69) is 5.32 Å². The van der Waals surface area contributed by atoms with Crippen LogP contribution in [0.4, 0.5) is 18.0 Å². The number of hydrogen-bond donors (Lipinski definition) is 3. The number of ether oxygens (including phenoxy) is 2. The maximum atomic E-state index is 12.8. The van der Waals surface area contributed by atoms with Gasteiger partial charge in [-0.25, -0.2) is 9.59 Å². The van der Waals surface area contributed by atoms with E-state index in [1.807, 2.05) is 48.5 Å². The number of alkyl halides is 3. The number of rotatable bonds is 7. The van der Waals surface area contributed by atoms with E-state index in [4.69, 9.17) is 14.6 Å². The third-order valence-electron chi connectivity index (χ3n) is 6.08. The van der Waals surface area contributed by atoms with Crippen molar-refractivity contribution in [3.8, 4) is 11.1 Å². The number of carbonyl (C=O) groups is 3. The second kappa shape index (κ2) is 9.95. The van der Waals surface area contributed by atoms with Crippen molar-refractivity contribution in [1.82, 2.24) is 10.6 Å². The fourth-order valence-corrected chi connectivity index (χ4v) is 4.41. The normalized spacial score (nSPS) is 20.0. The molecule has 0 bridgehead atoms. The number of benzene rings is 2. The zero-order chi connectivity index (χ0) is 25.2. The van der Waals surface area contributed by atoms with Crippen molar-refractivity contribution in [2.45, 2.75) is 43.2 Å². The highest BCUT2D eigenvalue weighted by atomic mass is 19.4. The van der Waals surface area contributed by atoms with Crippen molar-refractivity contribution in [1.29, 1.82) is 0 Å². The summed E-state index contributed by atoms with van der Waals surface area (Å²) in [6.07, 6.45) is -7.30. The maximum Gasteiger partial charge on any atom is 0.419 e. The standard InChI is InChI=1S/C24H23F3N2O6/c25-24(26,27)20(22(31)32)29-21(30)19-10-9-13(35-19)11-28-23(33)34-12-18-16-7-3-1-5-14(16)15-6-2-4-8-17(15)18/h1-8,13,18-20H,9-12H2,(H,28,33)(H,29,30)(H,31,32). The molecule has 1 heterocycles. The number of alkyl carbamates (subject to hydrolysis) is 1. The van der Waals surface area contributed by atoms with Gasteiger partial charge in [0.25, 0.3) is 0 Å². The summed E-state index contributed by atoms with van der Waals surface area (Å²) in [5, 5.41) is 12.7. The van der Waals surface area contributed by atoms with Gasteiger partial charge in [-0.1, -0.05) is 48.5 Å². The van der Waals surface area contributed by atoms with Crippen LogP contribution in [0.25, 0.3) is 11.1 Å². The monoisotopic (exact) mass is 492 g/mol. The summed E-state index contributed by atoms with van der Waals surface area (Å²) < 4.78 is 49.1. The SMILES string of the molecule is O=C(NCC1CCC(C(=O)NC(C(=O)O)C(F)(F)F)O1)OCC1c2ccccc2-c2ccccc21. The minimum atomic E-state index is -5.13. The second-order valence-corrected chi connectivity index (χ2v) is 8.35. The van der Waals surface area contributed by atoms with Crippen molar-refractivity contribution >= 4 is 18.0 Å². The minimum absolute atomic E-state index is 0.0118. The van der Waals surface area contributed by atoms with Gasteiger partial charge in [-0.2, -0.15) is 13.2 Å². The summed E-state index contributed by atoms with van der Waals surface area (Å²) >= 11 is 0. The van der Waals surface area contributed by atoms with Crippen LogP contribution in [0.3, 0.4) is 0 Å². The van der Waals surface area contributed by atoms with Gasteiger partial charge >= 0.3 is 18.2 Å². The van der Waals surface area contributed by atoms with Crippen LogP contribution in [-0.4, -0.2) is 60.7 Å². The van der Waals surface area contributed by atoms with E-state index in [0.717, 1.165) is 22.3 Å². The molecule has 4 rings (SSSR count). The molecule has 2 aromatic carbocycles. The lowest BCUT2D eigenvalue weighted by molar-refractivity contribution is -0.183. The maximum absolute atomic E-state index is 12.8. The van der Waals surface area contributed by atoms with Crippen molar-refractivity contribution < 1.29 is 42.1 Å². The third kappa shape index (κ3) is 5.40. The van der Waals surface area contributed by atoms with E-state index in [1.165, 1.54) is 5.32 Å². The molecule has 2 aromatic rings. The summed E-state index contributed by atoms with van der Waals surface area (Å²) in [4.78, 5) is 35.1. The Kier molecular flexibility index (Phi) is 6.97. The zero-order valence-corrected chi connectivity index (χ0v) is 18.4. The highest BCUT2D eigenvalue weighted by Crippen LogP contribution is 2.44. The van der Waals surface area contributed by atoms with E-state index in [0.29, 0.717) is 6.42 Å². The first kappa shape index (κ1) is 24.5. The van der Waals surface area contributed by atoms with Gasteiger partial charge < -0.3 is 25.2 Å². The number of amides is 2. The number of fused-ring (bicyclic) bond motifs is 3. The zero-order valence-electron chi connectivity index (χ0n) is 18.4. The Morgan fingerprint density at radius 2 is 1.63 bits per heavy atom. The average Bonchev–Trinajstić information content (AvgIpc) is 3.42. The smallest absolute Gasteiger partial charge is 0.419 e. The molecule has 3 unspecified atom stereocenters. The van der Waals surface area contributed by atoms with Crippen molar-refractivity contribution in [3.05, 3.63) is 59.7 Å². The van der Waals surface area contributed by atoms with Crippen LogP contribution in [0, 0.1) is 0 Å². The molecule has 0 aromatic heterocycles.